The summed E-state index contributed by atoms with van der Waals surface area (Å²) in [4.78, 5) is 9.36. The summed E-state index contributed by atoms with van der Waals surface area (Å²) >= 11 is 2.63. The minimum Gasteiger partial charge on any atom is -0.317 e. The van der Waals surface area contributed by atoms with Crippen LogP contribution >= 0.6 is 15.9 Å². The lowest BCUT2D eigenvalue weighted by Crippen LogP contribution is -2.09. The van der Waals surface area contributed by atoms with Crippen LogP contribution in [0.25, 0.3) is 0 Å². The minimum atomic E-state index is -0.0208. The van der Waals surface area contributed by atoms with Gasteiger partial charge < -0.3 is 5.32 Å². The Morgan fingerprint density at radius 1 is 1.44 bits per heavy atom. The summed E-state index contributed by atoms with van der Waals surface area (Å²) in [5, 5.41) is 3.11. The number of hydrogen-bond acceptors (Lipinski definition) is 2. The lowest BCUT2D eigenvalue weighted by atomic mass is 10.7. The summed E-state index contributed by atoms with van der Waals surface area (Å²) in [6, 6.07) is 0. The average Bonchev–Trinajstić information content (AvgIpc) is 1.66. The molecule has 0 aliphatic rings. The maximum absolute atomic E-state index is 9.36. The van der Waals surface area contributed by atoms with Gasteiger partial charge in [0.15, 0.2) is 4.69 Å². The third-order valence-electron chi connectivity index (χ3n) is 0.500. The average molecular weight is 196 g/mol. The van der Waals surface area contributed by atoms with E-state index in [1.807, 2.05) is 0 Å². The van der Waals surface area contributed by atoms with Crippen molar-refractivity contribution in [2.75, 3.05) is 13.1 Å². The van der Waals surface area contributed by atoms with E-state index in [1.54, 1.807) is 0 Å². The number of hydrogen-bond donors (Lipinski definition) is 1. The first-order chi connectivity index (χ1) is 4.15. The Hall–Kier alpha value is 0.110. The van der Waals surface area contributed by atoms with Gasteiger partial charge in [0.25, 0.3) is 0 Å². The first-order valence-corrected chi connectivity index (χ1v) is 3.81. The maximum Gasteiger partial charge on any atom is 0.194 e. The highest BCUT2D eigenvalue weighted by Crippen LogP contribution is 1.74. The van der Waals surface area contributed by atoms with Crippen LogP contribution in [0.1, 0.15) is 20.8 Å². The number of carbonyl (C=O) groups excluding carboxylic acids is 1. The van der Waals surface area contributed by atoms with E-state index < -0.39 is 0 Å². The van der Waals surface area contributed by atoms with E-state index in [9.17, 15) is 4.79 Å². The van der Waals surface area contributed by atoms with Crippen LogP contribution in [-0.4, -0.2) is 17.8 Å². The van der Waals surface area contributed by atoms with Gasteiger partial charge in [-0.1, -0.05) is 13.8 Å². The molecule has 0 saturated carbocycles. The summed E-state index contributed by atoms with van der Waals surface area (Å²) < 4.78 is -0.0208. The molecule has 56 valence electrons. The van der Waals surface area contributed by atoms with Crippen molar-refractivity contribution in [3.05, 3.63) is 0 Å². The minimum absolute atomic E-state index is 0.0208. The lowest BCUT2D eigenvalue weighted by Gasteiger charge is -1.86. The molecule has 0 amide bonds. The summed E-state index contributed by atoms with van der Waals surface area (Å²) in [6.07, 6.45) is 0. The molecule has 0 aliphatic heterocycles. The molecule has 0 saturated heterocycles. The Kier molecular flexibility index (Phi) is 14.5. The van der Waals surface area contributed by atoms with Gasteiger partial charge in [0.05, 0.1) is 0 Å². The predicted molar refractivity (Wildman–Crippen MR) is 43.8 cm³/mol. The Balaban J connectivity index is 0. The third kappa shape index (κ3) is 68.0. The molecule has 2 nitrogen and oxygen atoms in total. The summed E-state index contributed by atoms with van der Waals surface area (Å²) in [5.41, 5.74) is 0. The highest BCUT2D eigenvalue weighted by Gasteiger charge is 1.66. The molecule has 0 aromatic rings. The van der Waals surface area contributed by atoms with Crippen LogP contribution in [0.3, 0.4) is 0 Å². The zero-order valence-corrected chi connectivity index (χ0v) is 7.79. The number of carbonyl (C=O) groups is 1. The zero-order chi connectivity index (χ0) is 7.70. The molecule has 0 fully saturated rings. The maximum atomic E-state index is 9.36. The number of rotatable bonds is 2. The van der Waals surface area contributed by atoms with Crippen molar-refractivity contribution in [1.29, 1.82) is 0 Å². The molecule has 0 aliphatic carbocycles. The van der Waals surface area contributed by atoms with Gasteiger partial charge in [-0.25, -0.2) is 0 Å². The van der Waals surface area contributed by atoms with Crippen LogP contribution in [0.2, 0.25) is 0 Å². The van der Waals surface area contributed by atoms with E-state index in [0.29, 0.717) is 0 Å². The van der Waals surface area contributed by atoms with Crippen molar-refractivity contribution in [1.82, 2.24) is 5.32 Å². The fraction of sp³-hybridized carbons (Fsp3) is 0.833. The van der Waals surface area contributed by atoms with E-state index in [2.05, 4.69) is 35.1 Å². The van der Waals surface area contributed by atoms with E-state index in [0.717, 1.165) is 13.1 Å². The van der Waals surface area contributed by atoms with Gasteiger partial charge in [-0.3, -0.25) is 4.79 Å². The Bertz CT molecular complexity index is 60.1. The Morgan fingerprint density at radius 2 is 1.67 bits per heavy atom. The second kappa shape index (κ2) is 11.0. The first kappa shape index (κ1) is 11.9. The third-order valence-corrected chi connectivity index (χ3v) is 0.500. The topological polar surface area (TPSA) is 29.1 Å². The van der Waals surface area contributed by atoms with Crippen molar-refractivity contribution < 1.29 is 4.79 Å². The van der Waals surface area contributed by atoms with Gasteiger partial charge in [0, 0.05) is 6.92 Å². The van der Waals surface area contributed by atoms with Crippen molar-refractivity contribution in [2.24, 2.45) is 0 Å². The number of halogens is 1. The standard InChI is InChI=1S/C4H11N.C2H3BrO/c1-3-5-4-2;1-2(3)4/h5H,3-4H2,1-2H3;1H3. The highest BCUT2D eigenvalue weighted by molar-refractivity contribution is 9.18. The van der Waals surface area contributed by atoms with Gasteiger partial charge in [-0.15, -0.1) is 0 Å². The van der Waals surface area contributed by atoms with E-state index in [4.69, 9.17) is 0 Å². The molecule has 3 heteroatoms. The molecule has 0 radical (unpaired) electrons. The summed E-state index contributed by atoms with van der Waals surface area (Å²) in [7, 11) is 0. The largest absolute Gasteiger partial charge is 0.317 e. The quantitative estimate of drug-likeness (QED) is 0.678. The molecule has 9 heavy (non-hydrogen) atoms. The monoisotopic (exact) mass is 195 g/mol. The molecule has 0 aromatic heterocycles. The summed E-state index contributed by atoms with van der Waals surface area (Å²) in [5.74, 6) is 0. The van der Waals surface area contributed by atoms with Crippen molar-refractivity contribution in [2.45, 2.75) is 20.8 Å². The van der Waals surface area contributed by atoms with E-state index in [1.165, 1.54) is 6.92 Å². The fourth-order valence-corrected chi connectivity index (χ4v) is 0.250. The zero-order valence-electron chi connectivity index (χ0n) is 6.20. The van der Waals surface area contributed by atoms with Crippen LogP contribution in [-0.2, 0) is 4.79 Å². The van der Waals surface area contributed by atoms with E-state index >= 15 is 0 Å². The molecule has 0 bridgehead atoms. The van der Waals surface area contributed by atoms with Gasteiger partial charge in [-0.05, 0) is 29.0 Å². The SMILES string of the molecule is CC(=O)Br.CCNCC. The molecular formula is C6H14BrNO. The van der Waals surface area contributed by atoms with Crippen LogP contribution in [0.4, 0.5) is 0 Å². The van der Waals surface area contributed by atoms with Crippen LogP contribution in [0.15, 0.2) is 0 Å². The molecular weight excluding hydrogens is 182 g/mol. The lowest BCUT2D eigenvalue weighted by molar-refractivity contribution is -0.108. The first-order valence-electron chi connectivity index (χ1n) is 3.01. The molecule has 0 unspecified atom stereocenters. The van der Waals surface area contributed by atoms with E-state index in [-0.39, 0.29) is 4.69 Å². The second-order valence-corrected chi connectivity index (χ2v) is 2.54. The second-order valence-electron chi connectivity index (χ2n) is 1.43. The van der Waals surface area contributed by atoms with Crippen molar-refractivity contribution in [3.8, 4) is 0 Å². The molecule has 0 aromatic carbocycles. The molecule has 0 heterocycles. The number of nitrogens with one attached hydrogen (secondary N) is 1. The molecule has 0 spiro atoms. The molecule has 1 N–H and O–H groups in total. The van der Waals surface area contributed by atoms with Gasteiger partial charge in [0.1, 0.15) is 0 Å². The van der Waals surface area contributed by atoms with Crippen LogP contribution in [0, 0.1) is 0 Å². The predicted octanol–water partition coefficient (Wildman–Crippen LogP) is 1.54. The van der Waals surface area contributed by atoms with Crippen LogP contribution in [0.5, 0.6) is 0 Å². The Morgan fingerprint density at radius 3 is 1.67 bits per heavy atom. The smallest absolute Gasteiger partial charge is 0.194 e. The summed E-state index contributed by atoms with van der Waals surface area (Å²) in [6.45, 7) is 7.83. The normalized spacial score (nSPS) is 7.56. The molecule has 0 rings (SSSR count). The van der Waals surface area contributed by atoms with Crippen molar-refractivity contribution >= 4 is 20.6 Å². The Labute approximate surface area is 65.1 Å². The van der Waals surface area contributed by atoms with Crippen molar-refractivity contribution in [3.63, 3.8) is 0 Å². The van der Waals surface area contributed by atoms with Crippen LogP contribution < -0.4 is 5.32 Å². The van der Waals surface area contributed by atoms with Gasteiger partial charge >= 0.3 is 0 Å². The highest BCUT2D eigenvalue weighted by atomic mass is 79.9. The fourth-order valence-electron chi connectivity index (χ4n) is 0.250. The van der Waals surface area contributed by atoms with Gasteiger partial charge in [-0.2, -0.15) is 0 Å². The van der Waals surface area contributed by atoms with Gasteiger partial charge in [0.2, 0.25) is 0 Å². The molecule has 0 atom stereocenters.